The number of halogens is 1. The molecule has 0 N–H and O–H groups in total. The van der Waals surface area contributed by atoms with Gasteiger partial charge in [0, 0.05) is 4.47 Å². The molecule has 122 valence electrons. The molecule has 0 aromatic heterocycles. The quantitative estimate of drug-likeness (QED) is 0.565. The lowest BCUT2D eigenvalue weighted by Gasteiger charge is -2.15. The molecule has 0 spiro atoms. The molecule has 6 heteroatoms. The Hall–Kier alpha value is -1.92. The van der Waals surface area contributed by atoms with E-state index in [-0.39, 0.29) is 11.2 Å². The smallest absolute Gasteiger partial charge is 0.242 e. The van der Waals surface area contributed by atoms with Gasteiger partial charge in [0.05, 0.1) is 18.0 Å². The first kappa shape index (κ1) is 16.9. The molecule has 0 radical (unpaired) electrons. The first-order chi connectivity index (χ1) is 11.6. The Morgan fingerprint density at radius 2 is 1.88 bits per heavy atom. The molecule has 0 saturated carbocycles. The average molecular weight is 402 g/mol. The van der Waals surface area contributed by atoms with Crippen LogP contribution in [0.25, 0.3) is 0 Å². The topological polar surface area (TPSA) is 45.0 Å². The zero-order valence-electron chi connectivity index (χ0n) is 13.1. The molecule has 0 unspecified atom stereocenters. The third-order valence-corrected chi connectivity index (χ3v) is 5.13. The summed E-state index contributed by atoms with van der Waals surface area (Å²) in [6.45, 7) is 2.41. The number of carbonyl (C=O) groups excluding carboxylic acids is 1. The lowest BCUT2D eigenvalue weighted by molar-refractivity contribution is -0.126. The van der Waals surface area contributed by atoms with Gasteiger partial charge in [-0.3, -0.25) is 9.69 Å². The Labute approximate surface area is 153 Å². The van der Waals surface area contributed by atoms with E-state index in [0.717, 1.165) is 15.6 Å². The highest BCUT2D eigenvalue weighted by Gasteiger charge is 2.35. The first-order valence-electron chi connectivity index (χ1n) is 7.52. The van der Waals surface area contributed by atoms with Crippen molar-refractivity contribution in [2.24, 2.45) is 10.2 Å². The third kappa shape index (κ3) is 4.13. The molecular formula is C18H16BrN3OS. The SMILES string of the molecule is C[C@H]1S/C(=N\N=C/c2ccc(Br)cc2)N(Cc2ccccc2)C1=O. The van der Waals surface area contributed by atoms with Gasteiger partial charge in [0.1, 0.15) is 0 Å². The summed E-state index contributed by atoms with van der Waals surface area (Å²) in [5, 5.41) is 8.92. The second-order valence-electron chi connectivity index (χ2n) is 5.35. The van der Waals surface area contributed by atoms with Crippen LogP contribution in [0.5, 0.6) is 0 Å². The molecule has 1 aliphatic heterocycles. The number of amidine groups is 1. The van der Waals surface area contributed by atoms with E-state index in [0.29, 0.717) is 11.7 Å². The van der Waals surface area contributed by atoms with Gasteiger partial charge in [-0.05, 0) is 30.2 Å². The fourth-order valence-corrected chi connectivity index (χ4v) is 3.45. The van der Waals surface area contributed by atoms with Crippen LogP contribution in [0.2, 0.25) is 0 Å². The number of nitrogens with zero attached hydrogens (tertiary/aromatic N) is 3. The molecule has 2 aromatic carbocycles. The molecule has 1 heterocycles. The molecule has 3 rings (SSSR count). The summed E-state index contributed by atoms with van der Waals surface area (Å²) >= 11 is 4.84. The minimum absolute atomic E-state index is 0.0708. The summed E-state index contributed by atoms with van der Waals surface area (Å²) in [7, 11) is 0. The van der Waals surface area contributed by atoms with Crippen molar-refractivity contribution in [2.75, 3.05) is 0 Å². The van der Waals surface area contributed by atoms with E-state index in [9.17, 15) is 4.79 Å². The Kier molecular flexibility index (Phi) is 5.48. The second kappa shape index (κ2) is 7.77. The molecule has 4 nitrogen and oxygen atoms in total. The van der Waals surface area contributed by atoms with Crippen molar-refractivity contribution >= 4 is 45.0 Å². The van der Waals surface area contributed by atoms with Gasteiger partial charge >= 0.3 is 0 Å². The van der Waals surface area contributed by atoms with Crippen LogP contribution in [-0.2, 0) is 11.3 Å². The van der Waals surface area contributed by atoms with Gasteiger partial charge in [-0.1, -0.05) is 70.2 Å². The summed E-state index contributed by atoms with van der Waals surface area (Å²) in [5.74, 6) is 0.0708. The largest absolute Gasteiger partial charge is 0.284 e. The number of benzene rings is 2. The highest BCUT2D eigenvalue weighted by Crippen LogP contribution is 2.28. The van der Waals surface area contributed by atoms with Crippen LogP contribution in [-0.4, -0.2) is 27.4 Å². The van der Waals surface area contributed by atoms with Crippen LogP contribution < -0.4 is 0 Å². The zero-order valence-corrected chi connectivity index (χ0v) is 15.5. The number of carbonyl (C=O) groups is 1. The van der Waals surface area contributed by atoms with Gasteiger partial charge in [0.15, 0.2) is 5.17 Å². The maximum atomic E-state index is 12.4. The molecule has 0 bridgehead atoms. The van der Waals surface area contributed by atoms with Gasteiger partial charge in [-0.25, -0.2) is 0 Å². The van der Waals surface area contributed by atoms with Crippen LogP contribution in [0.3, 0.4) is 0 Å². The van der Waals surface area contributed by atoms with Crippen molar-refractivity contribution in [1.82, 2.24) is 4.90 Å². The Balaban J connectivity index is 1.76. The summed E-state index contributed by atoms with van der Waals surface area (Å²) in [4.78, 5) is 14.1. The van der Waals surface area contributed by atoms with Gasteiger partial charge in [0.2, 0.25) is 5.91 Å². The van der Waals surface area contributed by atoms with E-state index >= 15 is 0 Å². The summed E-state index contributed by atoms with van der Waals surface area (Å²) in [5.41, 5.74) is 2.03. The van der Waals surface area contributed by atoms with Crippen LogP contribution in [0.1, 0.15) is 18.1 Å². The number of amides is 1. The predicted molar refractivity (Wildman–Crippen MR) is 103 cm³/mol. The minimum Gasteiger partial charge on any atom is -0.284 e. The predicted octanol–water partition coefficient (Wildman–Crippen LogP) is 4.30. The van der Waals surface area contributed by atoms with Crippen molar-refractivity contribution in [3.8, 4) is 0 Å². The number of hydrogen-bond acceptors (Lipinski definition) is 4. The molecule has 1 saturated heterocycles. The lowest BCUT2D eigenvalue weighted by Crippen LogP contribution is -2.30. The van der Waals surface area contributed by atoms with E-state index in [1.165, 1.54) is 11.8 Å². The minimum atomic E-state index is -0.129. The Morgan fingerprint density at radius 3 is 2.58 bits per heavy atom. The number of hydrogen-bond donors (Lipinski definition) is 0. The summed E-state index contributed by atoms with van der Waals surface area (Å²) in [6, 6.07) is 17.7. The number of rotatable bonds is 4. The van der Waals surface area contributed by atoms with Crippen molar-refractivity contribution in [1.29, 1.82) is 0 Å². The fraction of sp³-hybridized carbons (Fsp3) is 0.167. The lowest BCUT2D eigenvalue weighted by atomic mass is 10.2. The molecule has 1 atom stereocenters. The molecule has 2 aromatic rings. The zero-order chi connectivity index (χ0) is 16.9. The highest BCUT2D eigenvalue weighted by atomic mass is 79.9. The summed E-state index contributed by atoms with van der Waals surface area (Å²) < 4.78 is 1.02. The van der Waals surface area contributed by atoms with Crippen LogP contribution in [0.4, 0.5) is 0 Å². The van der Waals surface area contributed by atoms with Gasteiger partial charge in [-0.15, -0.1) is 5.10 Å². The average Bonchev–Trinajstić information content (AvgIpc) is 2.85. The Morgan fingerprint density at radius 1 is 1.17 bits per heavy atom. The van der Waals surface area contributed by atoms with Crippen molar-refractivity contribution < 1.29 is 4.79 Å². The maximum absolute atomic E-state index is 12.4. The monoisotopic (exact) mass is 401 g/mol. The standard InChI is InChI=1S/C18H16BrN3OS/c1-13-17(23)22(12-15-5-3-2-4-6-15)18(24-13)21-20-11-14-7-9-16(19)10-8-14/h2-11,13H,12H2,1H3/b20-11-,21-18-/t13-/m1/s1. The van der Waals surface area contributed by atoms with E-state index < -0.39 is 0 Å². The molecule has 1 fully saturated rings. The third-order valence-electron chi connectivity index (χ3n) is 3.53. The highest BCUT2D eigenvalue weighted by molar-refractivity contribution is 9.10. The maximum Gasteiger partial charge on any atom is 0.242 e. The number of thioether (sulfide) groups is 1. The van der Waals surface area contributed by atoms with E-state index in [1.807, 2.05) is 61.5 Å². The van der Waals surface area contributed by atoms with Gasteiger partial charge in [0.25, 0.3) is 0 Å². The van der Waals surface area contributed by atoms with Crippen molar-refractivity contribution in [3.63, 3.8) is 0 Å². The van der Waals surface area contributed by atoms with Crippen molar-refractivity contribution in [3.05, 3.63) is 70.2 Å². The molecular weight excluding hydrogens is 386 g/mol. The molecule has 1 amide bonds. The van der Waals surface area contributed by atoms with E-state index in [4.69, 9.17) is 0 Å². The normalized spacial score (nSPS) is 19.6. The fourth-order valence-electron chi connectivity index (χ4n) is 2.27. The first-order valence-corrected chi connectivity index (χ1v) is 9.19. The molecule has 0 aliphatic carbocycles. The van der Waals surface area contributed by atoms with E-state index in [2.05, 4.69) is 26.1 Å². The Bertz CT molecular complexity index is 775. The van der Waals surface area contributed by atoms with Gasteiger partial charge < -0.3 is 0 Å². The van der Waals surface area contributed by atoms with Crippen LogP contribution >= 0.6 is 27.7 Å². The van der Waals surface area contributed by atoms with Crippen LogP contribution in [0.15, 0.2) is 69.3 Å². The van der Waals surface area contributed by atoms with Crippen LogP contribution in [0, 0.1) is 0 Å². The summed E-state index contributed by atoms with van der Waals surface area (Å²) in [6.07, 6.45) is 1.69. The van der Waals surface area contributed by atoms with Gasteiger partial charge in [-0.2, -0.15) is 5.10 Å². The second-order valence-corrected chi connectivity index (χ2v) is 7.57. The van der Waals surface area contributed by atoms with E-state index in [1.54, 1.807) is 11.1 Å². The molecule has 1 aliphatic rings. The van der Waals surface area contributed by atoms with Crippen molar-refractivity contribution in [2.45, 2.75) is 18.7 Å². The molecule has 24 heavy (non-hydrogen) atoms.